The molecule has 0 saturated heterocycles. The first-order chi connectivity index (χ1) is 16.7. The van der Waals surface area contributed by atoms with Crippen LogP contribution in [0.4, 0.5) is 0 Å². The van der Waals surface area contributed by atoms with E-state index in [1.54, 1.807) is 0 Å². The van der Waals surface area contributed by atoms with Crippen molar-refractivity contribution in [1.29, 1.82) is 0 Å². The summed E-state index contributed by atoms with van der Waals surface area (Å²) >= 11 is 0. The Bertz CT molecular complexity index is 850. The van der Waals surface area contributed by atoms with Crippen molar-refractivity contribution in [3.05, 3.63) is 23.5 Å². The SMILES string of the molecule is CC(C)=O.CC12CCCC1C1CC=C3C=C(OC(=O)C4CCC(CON)CC4)CCC3(C)C1CC2. The van der Waals surface area contributed by atoms with Gasteiger partial charge in [-0.05, 0) is 124 Å². The molecule has 5 unspecified atom stereocenters. The molecule has 35 heavy (non-hydrogen) atoms. The minimum absolute atomic E-state index is 0.0179. The molecule has 0 aromatic rings. The molecule has 0 heterocycles. The monoisotopic (exact) mass is 485 g/mol. The molecule has 0 aliphatic heterocycles. The molecular weight excluding hydrogens is 438 g/mol. The first-order valence-electron chi connectivity index (χ1n) is 14.1. The first kappa shape index (κ1) is 26.6. The Labute approximate surface area is 212 Å². The normalized spacial score (nSPS) is 40.1. The van der Waals surface area contributed by atoms with Crippen LogP contribution in [0.25, 0.3) is 0 Å². The number of carbonyl (C=O) groups is 2. The Hall–Kier alpha value is -1.46. The van der Waals surface area contributed by atoms with Crippen LogP contribution in [0.2, 0.25) is 0 Å². The van der Waals surface area contributed by atoms with Gasteiger partial charge in [0.25, 0.3) is 0 Å². The van der Waals surface area contributed by atoms with Crippen molar-refractivity contribution in [3.8, 4) is 0 Å². The topological polar surface area (TPSA) is 78.6 Å². The van der Waals surface area contributed by atoms with Gasteiger partial charge in [-0.15, -0.1) is 0 Å². The van der Waals surface area contributed by atoms with Crippen molar-refractivity contribution < 1.29 is 19.2 Å². The van der Waals surface area contributed by atoms with Crippen LogP contribution in [0.1, 0.15) is 105 Å². The maximum atomic E-state index is 12.8. The van der Waals surface area contributed by atoms with Gasteiger partial charge in [0.2, 0.25) is 0 Å². The number of hydrogen-bond donors (Lipinski definition) is 1. The lowest BCUT2D eigenvalue weighted by molar-refractivity contribution is -0.146. The number of ether oxygens (including phenoxy) is 1. The van der Waals surface area contributed by atoms with Crippen LogP contribution >= 0.6 is 0 Å². The lowest BCUT2D eigenvalue weighted by Crippen LogP contribution is -2.48. The second-order valence-electron chi connectivity index (χ2n) is 12.8. The summed E-state index contributed by atoms with van der Waals surface area (Å²) in [6, 6.07) is 0. The maximum Gasteiger partial charge on any atom is 0.314 e. The Morgan fingerprint density at radius 3 is 2.40 bits per heavy atom. The Balaban J connectivity index is 0.000000672. The van der Waals surface area contributed by atoms with Crippen LogP contribution in [-0.2, 0) is 19.2 Å². The minimum Gasteiger partial charge on any atom is -0.431 e. The number of fused-ring (bicyclic) bond motifs is 5. The molecule has 3 fully saturated rings. The summed E-state index contributed by atoms with van der Waals surface area (Å²) in [6.45, 7) is 8.72. The highest BCUT2D eigenvalue weighted by molar-refractivity contribution is 5.74. The molecule has 5 atom stereocenters. The third kappa shape index (κ3) is 5.61. The van der Waals surface area contributed by atoms with Gasteiger partial charge in [0.1, 0.15) is 11.5 Å². The molecule has 0 bridgehead atoms. The second kappa shape index (κ2) is 10.9. The number of Topliss-reactive ketones (excluding diaryl/α,β-unsaturated/α-hetero) is 1. The van der Waals surface area contributed by atoms with Crippen LogP contribution in [0.15, 0.2) is 23.5 Å². The molecule has 0 amide bonds. The molecule has 5 rings (SSSR count). The van der Waals surface area contributed by atoms with Gasteiger partial charge < -0.3 is 14.4 Å². The largest absolute Gasteiger partial charge is 0.431 e. The number of hydrogen-bond acceptors (Lipinski definition) is 5. The van der Waals surface area contributed by atoms with Gasteiger partial charge in [-0.2, -0.15) is 0 Å². The predicted octanol–water partition coefficient (Wildman–Crippen LogP) is 6.67. The zero-order valence-electron chi connectivity index (χ0n) is 22.4. The van der Waals surface area contributed by atoms with Crippen molar-refractivity contribution in [2.24, 2.45) is 46.3 Å². The molecule has 5 nitrogen and oxygen atoms in total. The highest BCUT2D eigenvalue weighted by Crippen LogP contribution is 2.64. The molecule has 3 saturated carbocycles. The van der Waals surface area contributed by atoms with Crippen LogP contribution in [0.3, 0.4) is 0 Å². The first-order valence-corrected chi connectivity index (χ1v) is 14.1. The third-order valence-electron chi connectivity index (χ3n) is 10.3. The van der Waals surface area contributed by atoms with E-state index < -0.39 is 0 Å². The van der Waals surface area contributed by atoms with Crippen LogP contribution < -0.4 is 5.90 Å². The number of nitrogens with two attached hydrogens (primary N) is 1. The summed E-state index contributed by atoms with van der Waals surface area (Å²) in [5.74, 6) is 9.37. The number of esters is 1. The van der Waals surface area contributed by atoms with E-state index in [2.05, 4.69) is 26.0 Å². The van der Waals surface area contributed by atoms with E-state index in [9.17, 15) is 9.59 Å². The van der Waals surface area contributed by atoms with Gasteiger partial charge in [0, 0.05) is 6.42 Å². The number of carbonyl (C=O) groups excluding carboxylic acids is 2. The molecule has 0 spiro atoms. The van der Waals surface area contributed by atoms with E-state index in [-0.39, 0.29) is 23.1 Å². The van der Waals surface area contributed by atoms with Crippen molar-refractivity contribution in [2.45, 2.75) is 105 Å². The standard InChI is InChI=1S/C27H41NO3.C3H6O/c1-26-13-3-4-23(26)22-10-9-20-16-21(11-15-27(20,2)24(22)12-14-26)31-25(29)19-7-5-18(6-8-19)17-30-28;1-3(2)4/h9,16,18-19,22-24H,3-8,10-15,17,28H2,1-2H3;1-2H3. The van der Waals surface area contributed by atoms with Gasteiger partial charge in [-0.25, -0.2) is 5.90 Å². The van der Waals surface area contributed by atoms with E-state index in [1.165, 1.54) is 57.9 Å². The van der Waals surface area contributed by atoms with Gasteiger partial charge >= 0.3 is 5.97 Å². The molecule has 5 aliphatic rings. The van der Waals surface area contributed by atoms with E-state index in [0.29, 0.717) is 17.9 Å². The molecule has 2 N–H and O–H groups in total. The molecule has 0 aromatic heterocycles. The van der Waals surface area contributed by atoms with Gasteiger partial charge in [-0.3, -0.25) is 4.79 Å². The van der Waals surface area contributed by atoms with E-state index in [0.717, 1.165) is 62.0 Å². The van der Waals surface area contributed by atoms with Crippen LogP contribution in [0, 0.1) is 40.4 Å². The fourth-order valence-corrected chi connectivity index (χ4v) is 8.29. The van der Waals surface area contributed by atoms with E-state index in [4.69, 9.17) is 15.5 Å². The zero-order chi connectivity index (χ0) is 25.2. The van der Waals surface area contributed by atoms with E-state index in [1.807, 2.05) is 0 Å². The summed E-state index contributed by atoms with van der Waals surface area (Å²) < 4.78 is 5.97. The van der Waals surface area contributed by atoms with Crippen molar-refractivity contribution >= 4 is 11.8 Å². The average Bonchev–Trinajstić information content (AvgIpc) is 3.21. The summed E-state index contributed by atoms with van der Waals surface area (Å²) in [5, 5.41) is 0. The van der Waals surface area contributed by atoms with Crippen LogP contribution in [0.5, 0.6) is 0 Å². The second-order valence-corrected chi connectivity index (χ2v) is 12.8. The quantitative estimate of drug-likeness (QED) is 0.355. The third-order valence-corrected chi connectivity index (χ3v) is 10.3. The summed E-state index contributed by atoms with van der Waals surface area (Å²) in [4.78, 5) is 27.1. The van der Waals surface area contributed by atoms with Gasteiger partial charge in [-0.1, -0.05) is 26.3 Å². The molecule has 5 aliphatic carbocycles. The predicted molar refractivity (Wildman–Crippen MR) is 138 cm³/mol. The van der Waals surface area contributed by atoms with Gasteiger partial charge in [0.05, 0.1) is 12.5 Å². The van der Waals surface area contributed by atoms with Gasteiger partial charge in [0.15, 0.2) is 0 Å². The summed E-state index contributed by atoms with van der Waals surface area (Å²) in [7, 11) is 0. The molecule has 196 valence electrons. The molecule has 0 aromatic carbocycles. The summed E-state index contributed by atoms with van der Waals surface area (Å²) in [5.41, 5.74) is 2.32. The van der Waals surface area contributed by atoms with E-state index >= 15 is 0 Å². The molecular formula is C30H47NO4. The zero-order valence-corrected chi connectivity index (χ0v) is 22.4. The fraction of sp³-hybridized carbons (Fsp3) is 0.800. The lowest BCUT2D eigenvalue weighted by atomic mass is 9.49. The highest BCUT2D eigenvalue weighted by Gasteiger charge is 2.55. The number of allylic oxidation sites excluding steroid dienone is 4. The lowest BCUT2D eigenvalue weighted by Gasteiger charge is -2.56. The minimum atomic E-state index is -0.0179. The average molecular weight is 486 g/mol. The summed E-state index contributed by atoms with van der Waals surface area (Å²) in [6.07, 6.45) is 18.9. The Kier molecular flexibility index (Phi) is 8.27. The van der Waals surface area contributed by atoms with Crippen molar-refractivity contribution in [1.82, 2.24) is 0 Å². The maximum absolute atomic E-state index is 12.8. The highest BCUT2D eigenvalue weighted by atomic mass is 16.6. The number of rotatable bonds is 4. The smallest absolute Gasteiger partial charge is 0.314 e. The number of ketones is 1. The van der Waals surface area contributed by atoms with Crippen molar-refractivity contribution in [2.75, 3.05) is 6.61 Å². The Morgan fingerprint density at radius 2 is 1.71 bits per heavy atom. The fourth-order valence-electron chi connectivity index (χ4n) is 8.29. The van der Waals surface area contributed by atoms with Crippen LogP contribution in [-0.4, -0.2) is 18.4 Å². The molecule has 5 heteroatoms. The van der Waals surface area contributed by atoms with Crippen molar-refractivity contribution in [3.63, 3.8) is 0 Å². The Morgan fingerprint density at radius 1 is 1.00 bits per heavy atom. The molecule has 0 radical (unpaired) electrons.